The molecule has 2 rings (SSSR count). The number of hydrogen-bond donors (Lipinski definition) is 2. The van der Waals surface area contributed by atoms with Crippen molar-refractivity contribution in [3.63, 3.8) is 0 Å². The molecule has 0 fully saturated rings. The average Bonchev–Trinajstić information content (AvgIpc) is 2.73. The van der Waals surface area contributed by atoms with Gasteiger partial charge < -0.3 is 5.73 Å². The Morgan fingerprint density at radius 2 is 1.88 bits per heavy atom. The Morgan fingerprint density at radius 3 is 2.53 bits per heavy atom. The zero-order valence-corrected chi connectivity index (χ0v) is 9.08. The van der Waals surface area contributed by atoms with Crippen LogP contribution in [0.2, 0.25) is 0 Å². The van der Waals surface area contributed by atoms with Crippen LogP contribution in [0.25, 0.3) is 11.4 Å². The Kier molecular flexibility index (Phi) is 3.43. The number of aromatic amines is 1. The second-order valence-electron chi connectivity index (χ2n) is 3.66. The van der Waals surface area contributed by atoms with Crippen LogP contribution in [0.1, 0.15) is 12.2 Å². The number of halogens is 2. The van der Waals surface area contributed by atoms with Gasteiger partial charge in [-0.25, -0.2) is 13.8 Å². The van der Waals surface area contributed by atoms with Gasteiger partial charge in [-0.05, 0) is 25.1 Å². The Hall–Kier alpha value is -1.82. The molecule has 0 aliphatic carbocycles. The number of hydrogen-bond acceptors (Lipinski definition) is 3. The number of nitrogens with two attached hydrogens (primary N) is 1. The average molecular weight is 238 g/mol. The molecule has 1 aromatic carbocycles. The van der Waals surface area contributed by atoms with Crippen LogP contribution in [0.4, 0.5) is 8.78 Å². The van der Waals surface area contributed by atoms with Crippen LogP contribution in [0, 0.1) is 11.6 Å². The lowest BCUT2D eigenvalue weighted by atomic mass is 10.2. The molecule has 0 aliphatic heterocycles. The topological polar surface area (TPSA) is 67.6 Å². The highest BCUT2D eigenvalue weighted by molar-refractivity contribution is 5.54. The molecule has 0 spiro atoms. The molecule has 0 unspecified atom stereocenters. The van der Waals surface area contributed by atoms with Crippen molar-refractivity contribution in [1.82, 2.24) is 15.2 Å². The first-order valence-electron chi connectivity index (χ1n) is 5.27. The maximum absolute atomic E-state index is 13.0. The molecule has 90 valence electrons. The van der Waals surface area contributed by atoms with Crippen molar-refractivity contribution < 1.29 is 8.78 Å². The number of nitrogens with one attached hydrogen (secondary N) is 1. The van der Waals surface area contributed by atoms with Gasteiger partial charge in [0.1, 0.15) is 17.5 Å². The molecule has 17 heavy (non-hydrogen) atoms. The van der Waals surface area contributed by atoms with E-state index in [0.717, 1.165) is 12.5 Å². The van der Waals surface area contributed by atoms with Crippen LogP contribution in [0.15, 0.2) is 18.2 Å². The van der Waals surface area contributed by atoms with Crippen molar-refractivity contribution in [3.05, 3.63) is 35.7 Å². The van der Waals surface area contributed by atoms with Gasteiger partial charge >= 0.3 is 0 Å². The number of aryl methyl sites for hydroxylation is 1. The second kappa shape index (κ2) is 5.01. The Morgan fingerprint density at radius 1 is 1.18 bits per heavy atom. The Bertz CT molecular complexity index is 490. The molecule has 0 radical (unpaired) electrons. The fourth-order valence-electron chi connectivity index (χ4n) is 1.49. The normalized spacial score (nSPS) is 10.8. The van der Waals surface area contributed by atoms with Crippen molar-refractivity contribution in [3.8, 4) is 11.4 Å². The van der Waals surface area contributed by atoms with E-state index >= 15 is 0 Å². The van der Waals surface area contributed by atoms with Gasteiger partial charge in [0.25, 0.3) is 0 Å². The molecule has 3 N–H and O–H groups in total. The molecule has 1 heterocycles. The fourth-order valence-corrected chi connectivity index (χ4v) is 1.49. The zero-order chi connectivity index (χ0) is 12.3. The summed E-state index contributed by atoms with van der Waals surface area (Å²) < 4.78 is 26.0. The van der Waals surface area contributed by atoms with Crippen LogP contribution < -0.4 is 5.73 Å². The van der Waals surface area contributed by atoms with Crippen LogP contribution in [0.3, 0.4) is 0 Å². The monoisotopic (exact) mass is 238 g/mol. The van der Waals surface area contributed by atoms with Gasteiger partial charge in [0.2, 0.25) is 0 Å². The molecule has 0 atom stereocenters. The van der Waals surface area contributed by atoms with Crippen molar-refractivity contribution >= 4 is 0 Å². The summed E-state index contributed by atoms with van der Waals surface area (Å²) in [6.45, 7) is 0.560. The minimum atomic E-state index is -0.645. The van der Waals surface area contributed by atoms with E-state index in [-0.39, 0.29) is 5.82 Å². The quantitative estimate of drug-likeness (QED) is 0.850. The summed E-state index contributed by atoms with van der Waals surface area (Å²) in [6.07, 6.45) is 1.45. The zero-order valence-electron chi connectivity index (χ0n) is 9.08. The summed E-state index contributed by atoms with van der Waals surface area (Å²) in [7, 11) is 0. The highest BCUT2D eigenvalue weighted by Crippen LogP contribution is 2.17. The summed E-state index contributed by atoms with van der Waals surface area (Å²) in [5, 5.41) is 6.63. The first-order chi connectivity index (χ1) is 8.19. The molecule has 0 amide bonds. The first-order valence-corrected chi connectivity index (χ1v) is 5.27. The van der Waals surface area contributed by atoms with E-state index in [1.807, 2.05) is 0 Å². The molecule has 4 nitrogen and oxygen atoms in total. The Balaban J connectivity index is 2.24. The largest absolute Gasteiger partial charge is 0.330 e. The molecule has 0 saturated carbocycles. The number of rotatable bonds is 4. The van der Waals surface area contributed by atoms with Crippen LogP contribution >= 0.6 is 0 Å². The number of H-pyrrole nitrogens is 1. The Labute approximate surface area is 96.9 Å². The van der Waals surface area contributed by atoms with Gasteiger partial charge in [0.05, 0.1) is 0 Å². The molecule has 0 saturated heterocycles. The van der Waals surface area contributed by atoms with Crippen LogP contribution in [-0.2, 0) is 6.42 Å². The number of nitrogens with zero attached hydrogens (tertiary/aromatic N) is 2. The lowest BCUT2D eigenvalue weighted by Crippen LogP contribution is -2.01. The predicted octanol–water partition coefficient (Wildman–Crippen LogP) is 1.64. The van der Waals surface area contributed by atoms with Gasteiger partial charge in [-0.2, -0.15) is 5.10 Å². The molecule has 0 aliphatic rings. The van der Waals surface area contributed by atoms with Crippen molar-refractivity contribution in [2.75, 3.05) is 6.54 Å². The van der Waals surface area contributed by atoms with E-state index in [1.165, 1.54) is 12.1 Å². The highest BCUT2D eigenvalue weighted by atomic mass is 19.1. The lowest BCUT2D eigenvalue weighted by molar-refractivity contribution is 0.584. The van der Waals surface area contributed by atoms with Gasteiger partial charge in [-0.1, -0.05) is 0 Å². The van der Waals surface area contributed by atoms with E-state index in [1.54, 1.807) is 0 Å². The summed E-state index contributed by atoms with van der Waals surface area (Å²) in [5.41, 5.74) is 5.69. The molecule has 0 bridgehead atoms. The van der Waals surface area contributed by atoms with E-state index in [4.69, 9.17) is 5.73 Å². The van der Waals surface area contributed by atoms with Crippen molar-refractivity contribution in [1.29, 1.82) is 0 Å². The molecule has 2 aromatic rings. The van der Waals surface area contributed by atoms with E-state index < -0.39 is 11.6 Å². The summed E-state index contributed by atoms with van der Waals surface area (Å²) in [4.78, 5) is 4.14. The highest BCUT2D eigenvalue weighted by Gasteiger charge is 2.08. The van der Waals surface area contributed by atoms with Crippen LogP contribution in [0.5, 0.6) is 0 Å². The van der Waals surface area contributed by atoms with Gasteiger partial charge in [0.15, 0.2) is 5.82 Å². The number of benzene rings is 1. The van der Waals surface area contributed by atoms with Gasteiger partial charge in [-0.3, -0.25) is 5.10 Å². The number of aromatic nitrogens is 3. The minimum Gasteiger partial charge on any atom is -0.330 e. The third-order valence-corrected chi connectivity index (χ3v) is 2.27. The van der Waals surface area contributed by atoms with Crippen molar-refractivity contribution in [2.45, 2.75) is 12.8 Å². The molecular formula is C11H12F2N4. The van der Waals surface area contributed by atoms with Gasteiger partial charge in [-0.15, -0.1) is 0 Å². The van der Waals surface area contributed by atoms with Crippen molar-refractivity contribution in [2.24, 2.45) is 5.73 Å². The molecular weight excluding hydrogens is 226 g/mol. The summed E-state index contributed by atoms with van der Waals surface area (Å²) >= 11 is 0. The van der Waals surface area contributed by atoms with E-state index in [2.05, 4.69) is 15.2 Å². The molecule has 6 heteroatoms. The van der Waals surface area contributed by atoms with Crippen LogP contribution in [-0.4, -0.2) is 21.7 Å². The van der Waals surface area contributed by atoms with E-state index in [9.17, 15) is 8.78 Å². The second-order valence-corrected chi connectivity index (χ2v) is 3.66. The first kappa shape index (κ1) is 11.7. The maximum Gasteiger partial charge on any atom is 0.181 e. The predicted molar refractivity (Wildman–Crippen MR) is 59.1 cm³/mol. The van der Waals surface area contributed by atoms with E-state index in [0.29, 0.717) is 24.4 Å². The molecule has 1 aromatic heterocycles. The third kappa shape index (κ3) is 2.85. The van der Waals surface area contributed by atoms with Gasteiger partial charge in [0, 0.05) is 18.1 Å². The SMILES string of the molecule is NCCCc1nc(-c2cc(F)cc(F)c2)n[nH]1. The third-order valence-electron chi connectivity index (χ3n) is 2.27. The summed E-state index contributed by atoms with van der Waals surface area (Å²) in [6, 6.07) is 3.20. The standard InChI is InChI=1S/C11H12F2N4/c12-8-4-7(5-9(13)6-8)11-15-10(16-17-11)2-1-3-14/h4-6H,1-3,14H2,(H,15,16,17). The minimum absolute atomic E-state index is 0.287. The lowest BCUT2D eigenvalue weighted by Gasteiger charge is -1.96. The summed E-state index contributed by atoms with van der Waals surface area (Å²) in [5.74, 6) is -0.341. The fraction of sp³-hybridized carbons (Fsp3) is 0.273. The maximum atomic E-state index is 13.0. The smallest absolute Gasteiger partial charge is 0.181 e.